The van der Waals surface area contributed by atoms with E-state index in [1.165, 1.54) is 57.6 Å². The Morgan fingerprint density at radius 3 is 2.55 bits per heavy atom. The van der Waals surface area contributed by atoms with E-state index >= 15 is 0 Å². The van der Waals surface area contributed by atoms with Gasteiger partial charge in [-0.15, -0.1) is 0 Å². The molecule has 2 aliphatic rings. The molecule has 1 aliphatic heterocycles. The molecule has 1 aromatic rings. The Labute approximate surface area is 325 Å². The molecule has 0 bridgehead atoms. The number of aromatic nitrogens is 2. The van der Waals surface area contributed by atoms with Crippen LogP contribution in [0.2, 0.25) is 0 Å². The molecule has 1 amide bonds. The highest BCUT2D eigenvalue weighted by molar-refractivity contribution is 8.76. The summed E-state index contributed by atoms with van der Waals surface area (Å²) in [6.07, 6.45) is 9.27. The largest absolute Gasteiger partial charge is 0.490 e. The van der Waals surface area contributed by atoms with Gasteiger partial charge in [0, 0.05) is 41.5 Å². The number of phosphoric ester groups is 1. The summed E-state index contributed by atoms with van der Waals surface area (Å²) < 4.78 is 58.9. The molecule has 27 heteroatoms. The quantitative estimate of drug-likeness (QED) is 0.0148. The van der Waals surface area contributed by atoms with Gasteiger partial charge in [0.05, 0.1) is 24.8 Å². The van der Waals surface area contributed by atoms with Crippen LogP contribution in [0.4, 0.5) is 5.82 Å². The maximum absolute atomic E-state index is 12.7. The second kappa shape index (κ2) is 24.1. The van der Waals surface area contributed by atoms with Crippen LogP contribution in [-0.4, -0.2) is 91.2 Å². The summed E-state index contributed by atoms with van der Waals surface area (Å²) in [5.41, 5.74) is 13.7. The van der Waals surface area contributed by atoms with Crippen LogP contribution in [0.1, 0.15) is 82.4 Å². The number of ether oxygens (including phenoxy) is 2. The number of hydrogen-bond acceptors (Lipinski definition) is 16. The van der Waals surface area contributed by atoms with Crippen molar-refractivity contribution in [3.63, 3.8) is 0 Å². The molecule has 0 radical (unpaired) electrons. The zero-order chi connectivity index (χ0) is 40.3. The molecule has 2 heterocycles. The van der Waals surface area contributed by atoms with Crippen LogP contribution in [0.5, 0.6) is 0 Å². The summed E-state index contributed by atoms with van der Waals surface area (Å²) in [6, 6.07) is 0.707. The van der Waals surface area contributed by atoms with Crippen molar-refractivity contribution in [2.45, 2.75) is 95.1 Å². The van der Waals surface area contributed by atoms with Gasteiger partial charge < -0.3 is 45.4 Å². The van der Waals surface area contributed by atoms with Gasteiger partial charge in [-0.1, -0.05) is 70.6 Å². The van der Waals surface area contributed by atoms with E-state index < -0.39 is 60.9 Å². The van der Waals surface area contributed by atoms with Crippen molar-refractivity contribution in [1.29, 1.82) is 0 Å². The van der Waals surface area contributed by atoms with Gasteiger partial charge in [-0.2, -0.15) is 13.6 Å². The molecule has 0 spiro atoms. The summed E-state index contributed by atoms with van der Waals surface area (Å²) >= 11 is 0. The van der Waals surface area contributed by atoms with Crippen LogP contribution in [-0.2, 0) is 41.1 Å². The molecule has 1 saturated carbocycles. The molecular formula is C28H47N8O14P3S2. The molecule has 2 unspecified atom stereocenters. The fourth-order valence-electron chi connectivity index (χ4n) is 5.48. The number of unbranched alkanes of at least 4 members (excludes halogenated alkanes) is 3. The van der Waals surface area contributed by atoms with Gasteiger partial charge >= 0.3 is 29.2 Å². The monoisotopic (exact) mass is 876 g/mol. The predicted molar refractivity (Wildman–Crippen MR) is 203 cm³/mol. The average molecular weight is 877 g/mol. The number of nitrogen functional groups attached to an aromatic ring is 1. The molecule has 5 atom stereocenters. The van der Waals surface area contributed by atoms with Gasteiger partial charge in [-0.3, -0.25) is 13.9 Å². The minimum atomic E-state index is -5.78. The summed E-state index contributed by atoms with van der Waals surface area (Å²) in [7, 11) is -13.5. The molecule has 1 aromatic heterocycles. The Bertz CT molecular complexity index is 1720. The summed E-state index contributed by atoms with van der Waals surface area (Å²) in [6.45, 7) is -0.349. The number of anilines is 1. The third-order valence-corrected chi connectivity index (χ3v) is 14.3. The molecule has 55 heavy (non-hydrogen) atoms. The van der Waals surface area contributed by atoms with Gasteiger partial charge in [0.1, 0.15) is 24.9 Å². The Hall–Kier alpha value is -1.99. The second-order valence-electron chi connectivity index (χ2n) is 12.2. The zero-order valence-electron chi connectivity index (χ0n) is 29.8. The predicted octanol–water partition coefficient (Wildman–Crippen LogP) is 3.83. The van der Waals surface area contributed by atoms with Gasteiger partial charge in [0.15, 0.2) is 0 Å². The minimum absolute atomic E-state index is 0.0112. The second-order valence-corrected chi connectivity index (χ2v) is 19.3. The van der Waals surface area contributed by atoms with Gasteiger partial charge in [-0.05, 0) is 37.8 Å². The number of amides is 1. The molecule has 3 rings (SSSR count). The number of hydrogen-bond donors (Lipinski definition) is 7. The number of nitrogens with two attached hydrogens (primary N) is 1. The number of nitrogens with one attached hydrogen (secondary N) is 2. The van der Waals surface area contributed by atoms with Crippen LogP contribution in [0.15, 0.2) is 16.1 Å². The fraction of sp³-hybridized carbons (Fsp3) is 0.750. The van der Waals surface area contributed by atoms with Gasteiger partial charge in [0.2, 0.25) is 5.91 Å². The highest BCUT2D eigenvalue weighted by Gasteiger charge is 2.43. The van der Waals surface area contributed by atoms with Crippen LogP contribution < -0.4 is 22.1 Å². The maximum Gasteiger partial charge on any atom is 0.490 e. The van der Waals surface area contributed by atoms with E-state index in [4.69, 9.17) is 30.5 Å². The van der Waals surface area contributed by atoms with Gasteiger partial charge in [0.25, 0.3) is 0 Å². The molecule has 1 aliphatic carbocycles. The number of rotatable bonds is 24. The number of azide groups is 1. The first-order valence-electron chi connectivity index (χ1n) is 17.3. The van der Waals surface area contributed by atoms with Crippen molar-refractivity contribution in [3.05, 3.63) is 32.7 Å². The van der Waals surface area contributed by atoms with Crippen LogP contribution in [0.3, 0.4) is 0 Å². The molecule has 310 valence electrons. The standard InChI is InChI=1S/C28H47N8O14P3S2/c29-27-21(9-8-14-32-25(37)12-16-55-54-15-7-2-1-6-13-31-22-10-4-3-5-11-22)18-36(28(38)34-27)26-17-23(46-20-33-35-30)24(48-26)19-47-52(42,43)50-53(44,45)49-51(39,40)41/h18,22-24,26,31H,1-7,10-17,19-20H2,(H,32,37)(H,42,43)(H,44,45)(H2,29,34,38)(H2,39,40,41)/t23-,24-,26-/m1/s1. The maximum atomic E-state index is 12.7. The molecule has 1 saturated heterocycles. The third kappa shape index (κ3) is 19.3. The van der Waals surface area contributed by atoms with Crippen molar-refractivity contribution >= 4 is 56.8 Å². The van der Waals surface area contributed by atoms with E-state index in [2.05, 4.69) is 50.6 Å². The summed E-state index contributed by atoms with van der Waals surface area (Å²) in [5, 5.41) is 9.61. The molecule has 8 N–H and O–H groups in total. The van der Waals surface area contributed by atoms with E-state index in [0.717, 1.165) is 23.3 Å². The summed E-state index contributed by atoms with van der Waals surface area (Å²) in [5.74, 6) is 6.77. The number of nitrogens with zero attached hydrogens (tertiary/aromatic N) is 5. The van der Waals surface area contributed by atoms with Crippen molar-refractivity contribution in [1.82, 2.24) is 20.2 Å². The van der Waals surface area contributed by atoms with Crippen molar-refractivity contribution < 1.29 is 60.7 Å². The van der Waals surface area contributed by atoms with E-state index in [-0.39, 0.29) is 30.3 Å². The topological polar surface area (TPSA) is 329 Å². The van der Waals surface area contributed by atoms with E-state index in [1.54, 1.807) is 21.6 Å². The lowest BCUT2D eigenvalue weighted by molar-refractivity contribution is -0.120. The van der Waals surface area contributed by atoms with Crippen molar-refractivity contribution in [3.8, 4) is 11.8 Å². The van der Waals surface area contributed by atoms with Crippen molar-refractivity contribution in [2.24, 2.45) is 5.11 Å². The van der Waals surface area contributed by atoms with Crippen LogP contribution in [0.25, 0.3) is 10.4 Å². The van der Waals surface area contributed by atoms with Gasteiger partial charge in [-0.25, -0.2) is 18.5 Å². The number of carbonyl (C=O) groups is 1. The lowest BCUT2D eigenvalue weighted by atomic mass is 9.95. The Morgan fingerprint density at radius 1 is 1.09 bits per heavy atom. The lowest BCUT2D eigenvalue weighted by Gasteiger charge is -2.22. The number of carbonyl (C=O) groups excluding carboxylic acids is 1. The Balaban J connectivity index is 1.43. The van der Waals surface area contributed by atoms with E-state index in [0.29, 0.717) is 18.2 Å². The summed E-state index contributed by atoms with van der Waals surface area (Å²) in [4.78, 5) is 67.9. The van der Waals surface area contributed by atoms with Crippen LogP contribution in [0, 0.1) is 11.8 Å². The van der Waals surface area contributed by atoms with Crippen molar-refractivity contribution in [2.75, 3.05) is 43.7 Å². The molecule has 2 fully saturated rings. The average Bonchev–Trinajstić information content (AvgIpc) is 3.50. The smallest absolute Gasteiger partial charge is 0.382 e. The molecular weight excluding hydrogens is 829 g/mol. The normalized spacial score (nSPS) is 21.1. The van der Waals surface area contributed by atoms with Crippen LogP contribution >= 0.6 is 45.1 Å². The first kappa shape index (κ1) is 47.4. The van der Waals surface area contributed by atoms with E-state index in [9.17, 15) is 33.1 Å². The number of phosphoric acid groups is 3. The molecule has 22 nitrogen and oxygen atoms in total. The Kier molecular flexibility index (Phi) is 20.7. The Morgan fingerprint density at radius 2 is 1.82 bits per heavy atom. The highest BCUT2D eigenvalue weighted by Crippen LogP contribution is 2.66. The first-order valence-corrected chi connectivity index (χ1v) is 24.3. The molecule has 0 aromatic carbocycles. The fourth-order valence-corrected chi connectivity index (χ4v) is 10.6. The SMILES string of the molecule is [N-]=[N+]=NCO[C@@H]1C[C@H](n2cc(C#CCNC(=O)CCSSCCCCCCNC3CCCCC3)c(N)nc2=O)O[C@@H]1COP(=O)(O)OP(=O)(O)OP(=O)(O)O. The van der Waals surface area contributed by atoms with E-state index in [1.807, 2.05) is 0 Å². The lowest BCUT2D eigenvalue weighted by Crippen LogP contribution is -2.31. The highest BCUT2D eigenvalue weighted by atomic mass is 33.1. The zero-order valence-corrected chi connectivity index (χ0v) is 34.1. The third-order valence-electron chi connectivity index (χ3n) is 7.98. The minimum Gasteiger partial charge on any atom is -0.382 e. The first-order chi connectivity index (χ1) is 26.1.